The van der Waals surface area contributed by atoms with Gasteiger partial charge in [-0.2, -0.15) is 0 Å². The molecule has 0 amide bonds. The van der Waals surface area contributed by atoms with Gasteiger partial charge in [0.15, 0.2) is 6.04 Å². The molecule has 0 saturated heterocycles. The van der Waals surface area contributed by atoms with Crippen LogP contribution in [0.4, 0.5) is 0 Å². The van der Waals surface area contributed by atoms with Gasteiger partial charge < -0.3 is 9.59 Å². The summed E-state index contributed by atoms with van der Waals surface area (Å²) in [5, 5.41) is 10.3. The first-order valence-corrected chi connectivity index (χ1v) is 14.2. The van der Waals surface area contributed by atoms with Crippen LogP contribution in [0.3, 0.4) is 0 Å². The van der Waals surface area contributed by atoms with E-state index in [0.717, 1.165) is 37.0 Å². The maximum atomic E-state index is 12.6. The van der Waals surface area contributed by atoms with Gasteiger partial charge in [0.25, 0.3) is 0 Å². The van der Waals surface area contributed by atoms with Gasteiger partial charge in [-0.1, -0.05) is 98.3 Å². The quantitative estimate of drug-likeness (QED) is 0.120. The summed E-state index contributed by atoms with van der Waals surface area (Å²) < 4.78 is 0.863. The molecule has 0 aliphatic rings. The van der Waals surface area contributed by atoms with Gasteiger partial charge in [-0.15, -0.1) is 0 Å². The lowest BCUT2D eigenvalue weighted by atomic mass is 9.99. The van der Waals surface area contributed by atoms with Crippen LogP contribution < -0.4 is 0 Å². The van der Waals surface area contributed by atoms with E-state index < -0.39 is 5.97 Å². The summed E-state index contributed by atoms with van der Waals surface area (Å²) in [6.07, 6.45) is 23.2. The third-order valence-electron chi connectivity index (χ3n) is 7.15. The molecule has 0 rings (SSSR count). The van der Waals surface area contributed by atoms with E-state index in [1.54, 1.807) is 0 Å². The maximum absolute atomic E-state index is 12.6. The Morgan fingerprint density at radius 1 is 0.548 bits per heavy atom. The normalized spacial score (nSPS) is 12.9. The van der Waals surface area contributed by atoms with Gasteiger partial charge in [0.1, 0.15) is 0 Å². The van der Waals surface area contributed by atoms with E-state index in [2.05, 4.69) is 27.7 Å². The first-order valence-electron chi connectivity index (χ1n) is 14.2. The smallest absolute Gasteiger partial charge is 0.362 e. The number of carboxylic acid groups (broad SMARTS) is 1. The van der Waals surface area contributed by atoms with Crippen molar-refractivity contribution >= 4 is 5.97 Å². The molecular weight excluding hydrogens is 382 g/mol. The van der Waals surface area contributed by atoms with E-state index in [1.807, 2.05) is 0 Å². The average Bonchev–Trinajstić information content (AvgIpc) is 2.76. The number of hydrogen-bond acceptors (Lipinski definition) is 1. The van der Waals surface area contributed by atoms with E-state index in [-0.39, 0.29) is 6.04 Å². The lowest BCUT2D eigenvalue weighted by Gasteiger charge is -2.44. The molecule has 0 aliphatic carbocycles. The molecule has 0 aromatic heterocycles. The Balaban J connectivity index is 5.28. The Kier molecular flexibility index (Phi) is 20.9. The van der Waals surface area contributed by atoms with Crippen LogP contribution in [0.5, 0.6) is 0 Å². The van der Waals surface area contributed by atoms with Crippen molar-refractivity contribution in [1.82, 2.24) is 0 Å². The predicted octanol–water partition coefficient (Wildman–Crippen LogP) is 8.75. The highest BCUT2D eigenvalue weighted by molar-refractivity contribution is 5.72. The zero-order valence-electron chi connectivity index (χ0n) is 21.9. The van der Waals surface area contributed by atoms with Crippen molar-refractivity contribution < 1.29 is 14.4 Å². The largest absolute Gasteiger partial charge is 0.477 e. The zero-order valence-corrected chi connectivity index (χ0v) is 21.9. The van der Waals surface area contributed by atoms with Crippen molar-refractivity contribution in [2.45, 2.75) is 156 Å². The van der Waals surface area contributed by atoms with E-state index >= 15 is 0 Å². The first kappa shape index (κ1) is 30.4. The van der Waals surface area contributed by atoms with Crippen LogP contribution in [0.2, 0.25) is 0 Å². The minimum absolute atomic E-state index is 0.198. The number of nitrogens with zero attached hydrogens (tertiary/aromatic N) is 1. The van der Waals surface area contributed by atoms with E-state index in [0.29, 0.717) is 0 Å². The Bertz CT molecular complexity index is 365. The average molecular weight is 441 g/mol. The fraction of sp³-hybridized carbons (Fsp3) is 0.964. The molecule has 0 bridgehead atoms. The Labute approximate surface area is 196 Å². The summed E-state index contributed by atoms with van der Waals surface area (Å²) in [4.78, 5) is 12.6. The van der Waals surface area contributed by atoms with Gasteiger partial charge in [-0.05, 0) is 44.9 Å². The van der Waals surface area contributed by atoms with Gasteiger partial charge in [0.2, 0.25) is 0 Å². The van der Waals surface area contributed by atoms with Gasteiger partial charge in [-0.3, -0.25) is 0 Å². The molecule has 0 fully saturated rings. The molecule has 0 radical (unpaired) electrons. The Hall–Kier alpha value is -0.570. The second-order valence-electron chi connectivity index (χ2n) is 9.98. The van der Waals surface area contributed by atoms with E-state index in [4.69, 9.17) is 0 Å². The van der Waals surface area contributed by atoms with Crippen LogP contribution in [0.15, 0.2) is 0 Å². The predicted molar refractivity (Wildman–Crippen MR) is 137 cm³/mol. The van der Waals surface area contributed by atoms with Gasteiger partial charge in [-0.25, -0.2) is 4.79 Å². The molecule has 1 unspecified atom stereocenters. The third kappa shape index (κ3) is 15.0. The molecule has 31 heavy (non-hydrogen) atoms. The monoisotopic (exact) mass is 440 g/mol. The van der Waals surface area contributed by atoms with Crippen molar-refractivity contribution in [1.29, 1.82) is 0 Å². The number of hydrogen-bond donors (Lipinski definition) is 1. The molecular formula is C28H58NO2+. The standard InChI is InChI=1S/C28H57NO2/c1-5-9-13-17-18-19-23-27(28(30)31)29(24-20-14-10-6-2,25-21-15-11-7-3)26-22-16-12-8-4/h27H,5-26H2,1-4H3/p+1. The van der Waals surface area contributed by atoms with Crippen LogP contribution in [-0.2, 0) is 4.79 Å². The molecule has 0 saturated carbocycles. The second kappa shape index (κ2) is 21.3. The van der Waals surface area contributed by atoms with Crippen LogP contribution in [-0.4, -0.2) is 41.2 Å². The molecule has 186 valence electrons. The SMILES string of the molecule is CCCCCCCCC(C(=O)O)[N+](CCCCCC)(CCCCCC)CCCCCC. The van der Waals surface area contributed by atoms with E-state index in [9.17, 15) is 9.90 Å². The van der Waals surface area contributed by atoms with Crippen molar-refractivity contribution in [3.8, 4) is 0 Å². The van der Waals surface area contributed by atoms with Gasteiger partial charge in [0.05, 0.1) is 19.6 Å². The first-order chi connectivity index (χ1) is 15.1. The number of aliphatic carboxylic acids is 1. The summed E-state index contributed by atoms with van der Waals surface area (Å²) >= 11 is 0. The topological polar surface area (TPSA) is 37.3 Å². The second-order valence-corrected chi connectivity index (χ2v) is 9.98. The molecule has 1 N–H and O–H groups in total. The van der Waals surface area contributed by atoms with Gasteiger partial charge in [0, 0.05) is 6.42 Å². The number of unbranched alkanes of at least 4 members (excludes halogenated alkanes) is 14. The Morgan fingerprint density at radius 3 is 1.23 bits per heavy atom. The fourth-order valence-corrected chi connectivity index (χ4v) is 5.11. The van der Waals surface area contributed by atoms with Crippen molar-refractivity contribution in [3.05, 3.63) is 0 Å². The van der Waals surface area contributed by atoms with Crippen LogP contribution in [0.25, 0.3) is 0 Å². The van der Waals surface area contributed by atoms with Crippen LogP contribution in [0.1, 0.15) is 150 Å². The number of carbonyl (C=O) groups is 1. The molecule has 0 aromatic carbocycles. The maximum Gasteiger partial charge on any atom is 0.362 e. The van der Waals surface area contributed by atoms with Crippen molar-refractivity contribution in [2.75, 3.05) is 19.6 Å². The van der Waals surface area contributed by atoms with Crippen LogP contribution >= 0.6 is 0 Å². The summed E-state index contributed by atoms with van der Waals surface area (Å²) in [6.45, 7) is 12.3. The minimum Gasteiger partial charge on any atom is -0.477 e. The molecule has 1 atom stereocenters. The highest BCUT2D eigenvalue weighted by atomic mass is 16.4. The summed E-state index contributed by atoms with van der Waals surface area (Å²) in [5.41, 5.74) is 0. The van der Waals surface area contributed by atoms with E-state index in [1.165, 1.54) is 109 Å². The highest BCUT2D eigenvalue weighted by Crippen LogP contribution is 2.26. The molecule has 0 spiro atoms. The van der Waals surface area contributed by atoms with Crippen LogP contribution in [0, 0.1) is 0 Å². The molecule has 3 heteroatoms. The number of quaternary nitrogens is 1. The molecule has 3 nitrogen and oxygen atoms in total. The van der Waals surface area contributed by atoms with Gasteiger partial charge >= 0.3 is 5.97 Å². The summed E-state index contributed by atoms with van der Waals surface area (Å²) in [7, 11) is 0. The fourth-order valence-electron chi connectivity index (χ4n) is 5.11. The molecule has 0 aliphatic heterocycles. The summed E-state index contributed by atoms with van der Waals surface area (Å²) in [6, 6.07) is -0.198. The highest BCUT2D eigenvalue weighted by Gasteiger charge is 2.40. The van der Waals surface area contributed by atoms with Crippen molar-refractivity contribution in [2.24, 2.45) is 0 Å². The number of rotatable bonds is 24. The summed E-state index contributed by atoms with van der Waals surface area (Å²) in [5.74, 6) is -0.532. The molecule has 0 aromatic rings. The number of carboxylic acids is 1. The lowest BCUT2D eigenvalue weighted by molar-refractivity contribution is -0.944. The Morgan fingerprint density at radius 2 is 0.871 bits per heavy atom. The zero-order chi connectivity index (χ0) is 23.2. The minimum atomic E-state index is -0.532. The third-order valence-corrected chi connectivity index (χ3v) is 7.15. The molecule has 0 heterocycles. The van der Waals surface area contributed by atoms with Crippen molar-refractivity contribution in [3.63, 3.8) is 0 Å². The lowest BCUT2D eigenvalue weighted by Crippen LogP contribution is -2.60.